The lowest BCUT2D eigenvalue weighted by Gasteiger charge is -2.42. The van der Waals surface area contributed by atoms with E-state index in [1.807, 2.05) is 0 Å². The van der Waals surface area contributed by atoms with Gasteiger partial charge in [0, 0.05) is 6.42 Å². The van der Waals surface area contributed by atoms with Crippen LogP contribution in [0.15, 0.2) is 36.5 Å². The Bertz CT molecular complexity index is 927. The minimum Gasteiger partial charge on any atom is -0.463 e. The molecule has 272 valence electrons. The van der Waals surface area contributed by atoms with Crippen molar-refractivity contribution in [3.05, 3.63) is 36.5 Å². The van der Waals surface area contributed by atoms with E-state index in [0.29, 0.717) is 6.42 Å². The van der Waals surface area contributed by atoms with Crippen LogP contribution in [-0.2, 0) is 28.5 Å². The lowest BCUT2D eigenvalue weighted by atomic mass is 9.98. The number of carbonyl (C=O) groups is 1. The Morgan fingerprint density at radius 3 is 1.89 bits per heavy atom. The average Bonchev–Trinajstić information content (AvgIpc) is 3.06. The predicted octanol–water partition coefficient (Wildman–Crippen LogP) is 0.121. The molecule has 0 aromatic carbocycles. The number of rotatable bonds is 22. The molecule has 1 unspecified atom stereocenters. The molecule has 2 aliphatic heterocycles. The van der Waals surface area contributed by atoms with Gasteiger partial charge in [0.15, 0.2) is 12.6 Å². The quantitative estimate of drug-likeness (QED) is 0.0433. The molecular weight excluding hydrogens is 620 g/mol. The second-order valence-electron chi connectivity index (χ2n) is 11.8. The molecule has 2 heterocycles. The van der Waals surface area contributed by atoms with E-state index in [1.165, 1.54) is 0 Å². The average molecular weight is 677 g/mol. The van der Waals surface area contributed by atoms with Crippen LogP contribution in [0.25, 0.3) is 0 Å². The molecule has 0 bridgehead atoms. The summed E-state index contributed by atoms with van der Waals surface area (Å²) in [7, 11) is 0. The Hall–Kier alpha value is -1.79. The van der Waals surface area contributed by atoms with Gasteiger partial charge >= 0.3 is 5.97 Å². The van der Waals surface area contributed by atoms with Crippen LogP contribution in [0.3, 0.4) is 0 Å². The lowest BCUT2D eigenvalue weighted by molar-refractivity contribution is -0.332. The minimum atomic E-state index is -1.73. The molecular formula is C33H56O14. The molecule has 0 aromatic rings. The zero-order chi connectivity index (χ0) is 34.6. The first-order valence-corrected chi connectivity index (χ1v) is 16.6. The monoisotopic (exact) mass is 676 g/mol. The fourth-order valence-corrected chi connectivity index (χ4v) is 4.99. The fourth-order valence-electron chi connectivity index (χ4n) is 4.99. The highest BCUT2D eigenvalue weighted by Crippen LogP contribution is 2.26. The molecule has 0 aromatic heterocycles. The van der Waals surface area contributed by atoms with Gasteiger partial charge in [0.25, 0.3) is 0 Å². The van der Waals surface area contributed by atoms with Gasteiger partial charge in [-0.15, -0.1) is 0 Å². The molecule has 8 N–H and O–H groups in total. The van der Waals surface area contributed by atoms with Crippen LogP contribution in [0, 0.1) is 0 Å². The summed E-state index contributed by atoms with van der Waals surface area (Å²) in [6, 6.07) is 0. The Balaban J connectivity index is 1.59. The normalized spacial score (nSPS) is 32.4. The van der Waals surface area contributed by atoms with E-state index in [4.69, 9.17) is 23.7 Å². The van der Waals surface area contributed by atoms with Gasteiger partial charge in [0.1, 0.15) is 61.5 Å². The van der Waals surface area contributed by atoms with Gasteiger partial charge in [-0.1, -0.05) is 62.6 Å². The first kappa shape index (κ1) is 41.4. The van der Waals surface area contributed by atoms with Gasteiger partial charge < -0.3 is 64.5 Å². The van der Waals surface area contributed by atoms with Crippen molar-refractivity contribution in [2.75, 3.05) is 26.4 Å². The Morgan fingerprint density at radius 2 is 1.23 bits per heavy atom. The van der Waals surface area contributed by atoms with E-state index < -0.39 is 93.3 Å². The van der Waals surface area contributed by atoms with Crippen LogP contribution in [0.5, 0.6) is 0 Å². The lowest BCUT2D eigenvalue weighted by Crippen LogP contribution is -2.61. The third kappa shape index (κ3) is 15.1. The van der Waals surface area contributed by atoms with Gasteiger partial charge in [-0.2, -0.15) is 0 Å². The molecule has 11 atom stereocenters. The Morgan fingerprint density at radius 1 is 0.681 bits per heavy atom. The summed E-state index contributed by atoms with van der Waals surface area (Å²) in [6.45, 7) is 0.155. The number of aliphatic hydroxyl groups is 8. The van der Waals surface area contributed by atoms with Crippen LogP contribution in [0.4, 0.5) is 0 Å². The summed E-state index contributed by atoms with van der Waals surface area (Å²) in [6.07, 6.45) is 5.21. The molecule has 2 fully saturated rings. The van der Waals surface area contributed by atoms with Gasteiger partial charge in [-0.25, -0.2) is 0 Å². The van der Waals surface area contributed by atoms with Crippen molar-refractivity contribution in [2.45, 2.75) is 139 Å². The van der Waals surface area contributed by atoms with Crippen LogP contribution in [0.1, 0.15) is 71.1 Å². The van der Waals surface area contributed by atoms with Crippen molar-refractivity contribution in [3.8, 4) is 0 Å². The summed E-state index contributed by atoms with van der Waals surface area (Å²) in [5, 5.41) is 80.3. The van der Waals surface area contributed by atoms with Crippen molar-refractivity contribution in [2.24, 2.45) is 0 Å². The van der Waals surface area contributed by atoms with Crippen molar-refractivity contribution in [3.63, 3.8) is 0 Å². The van der Waals surface area contributed by atoms with E-state index in [2.05, 4.69) is 43.4 Å². The summed E-state index contributed by atoms with van der Waals surface area (Å²) in [4.78, 5) is 12.1. The summed E-state index contributed by atoms with van der Waals surface area (Å²) in [5.41, 5.74) is 0. The second kappa shape index (κ2) is 23.5. The van der Waals surface area contributed by atoms with Crippen molar-refractivity contribution in [1.82, 2.24) is 0 Å². The van der Waals surface area contributed by atoms with E-state index >= 15 is 0 Å². The Kier molecular flexibility index (Phi) is 20.7. The number of hydrogen-bond donors (Lipinski definition) is 8. The number of carbonyl (C=O) groups excluding carboxylic acids is 1. The van der Waals surface area contributed by atoms with Gasteiger partial charge in [0.2, 0.25) is 0 Å². The van der Waals surface area contributed by atoms with Crippen LogP contribution < -0.4 is 0 Å². The molecule has 0 amide bonds. The molecule has 14 nitrogen and oxygen atoms in total. The van der Waals surface area contributed by atoms with E-state index in [-0.39, 0.29) is 13.0 Å². The maximum atomic E-state index is 12.1. The molecule has 2 rings (SSSR count). The number of unbranched alkanes of at least 4 members (excludes halogenated alkanes) is 5. The third-order valence-corrected chi connectivity index (χ3v) is 7.86. The topological polar surface area (TPSA) is 225 Å². The second-order valence-corrected chi connectivity index (χ2v) is 11.8. The van der Waals surface area contributed by atoms with Gasteiger partial charge in [-0.05, 0) is 38.5 Å². The smallest absolute Gasteiger partial charge is 0.305 e. The largest absolute Gasteiger partial charge is 0.463 e. The van der Waals surface area contributed by atoms with Crippen molar-refractivity contribution >= 4 is 5.97 Å². The highest BCUT2D eigenvalue weighted by molar-refractivity contribution is 5.69. The number of hydrogen-bond acceptors (Lipinski definition) is 14. The molecule has 2 aliphatic rings. The summed E-state index contributed by atoms with van der Waals surface area (Å²) < 4.78 is 26.6. The van der Waals surface area contributed by atoms with Crippen molar-refractivity contribution in [1.29, 1.82) is 0 Å². The number of esters is 1. The summed E-state index contributed by atoms with van der Waals surface area (Å²) >= 11 is 0. The SMILES string of the molecule is CC/C=C\C/C=C\C/C=C\CCCCCCCC(=O)OCC(O)CO[C@@H]1O[C@H](CO[C@@H]2O[C@H](CO)[C@H](O)[C@H](O)[C@H]2O)[C@H](O)[C@H](O)[C@H]1O. The maximum Gasteiger partial charge on any atom is 0.305 e. The number of ether oxygens (including phenoxy) is 5. The Labute approximate surface area is 276 Å². The van der Waals surface area contributed by atoms with Crippen molar-refractivity contribution < 1.29 is 69.3 Å². The predicted molar refractivity (Wildman–Crippen MR) is 169 cm³/mol. The molecule has 0 saturated carbocycles. The first-order valence-electron chi connectivity index (χ1n) is 16.6. The zero-order valence-electron chi connectivity index (χ0n) is 27.2. The minimum absolute atomic E-state index is 0.220. The van der Waals surface area contributed by atoms with Crippen LogP contribution in [-0.4, -0.2) is 141 Å². The third-order valence-electron chi connectivity index (χ3n) is 7.86. The first-order chi connectivity index (χ1) is 22.6. The highest BCUT2D eigenvalue weighted by atomic mass is 16.7. The maximum absolute atomic E-state index is 12.1. The standard InChI is InChI=1S/C33H56O14/c1-2-3-4-5-6-7-8-9-10-11-12-13-14-15-16-17-25(36)43-19-22(35)20-44-32-31(42)29(40)27(38)24(47-32)21-45-33-30(41)28(39)26(37)23(18-34)46-33/h3-4,6-7,9-10,22-24,26-35,37-42H,2,5,8,11-21H2,1H3/b4-3-,7-6-,10-9-/t22?,23-,24-,26+,27+,28+,29+,30-,31-,32-,33-/m1/s1. The number of allylic oxidation sites excluding steroid dienone is 6. The summed E-state index contributed by atoms with van der Waals surface area (Å²) in [5.74, 6) is -0.455. The molecule has 0 aliphatic carbocycles. The van der Waals surface area contributed by atoms with Gasteiger partial charge in [0.05, 0.1) is 19.8 Å². The van der Waals surface area contributed by atoms with Crippen LogP contribution in [0.2, 0.25) is 0 Å². The highest BCUT2D eigenvalue weighted by Gasteiger charge is 2.47. The van der Waals surface area contributed by atoms with E-state index in [1.54, 1.807) is 0 Å². The van der Waals surface area contributed by atoms with E-state index in [9.17, 15) is 45.6 Å². The number of aliphatic hydroxyl groups excluding tert-OH is 8. The van der Waals surface area contributed by atoms with E-state index in [0.717, 1.165) is 51.4 Å². The fraction of sp³-hybridized carbons (Fsp3) is 0.788. The zero-order valence-corrected chi connectivity index (χ0v) is 27.2. The molecule has 14 heteroatoms. The molecule has 2 saturated heterocycles. The molecule has 47 heavy (non-hydrogen) atoms. The molecule has 0 radical (unpaired) electrons. The van der Waals surface area contributed by atoms with Crippen LogP contribution >= 0.6 is 0 Å². The van der Waals surface area contributed by atoms with Gasteiger partial charge in [-0.3, -0.25) is 4.79 Å². The molecule has 0 spiro atoms.